The monoisotopic (exact) mass is 539 g/mol. The Morgan fingerprint density at radius 1 is 1.14 bits per heavy atom. The molecule has 0 fully saturated rings. The van der Waals surface area contributed by atoms with Gasteiger partial charge >= 0.3 is 6.18 Å². The molecule has 2 aromatic carbocycles. The van der Waals surface area contributed by atoms with E-state index in [-0.39, 0.29) is 30.0 Å². The molecule has 2 rings (SSSR count). The van der Waals surface area contributed by atoms with Crippen molar-refractivity contribution in [3.8, 4) is 0 Å². The molecule has 0 bridgehead atoms. The average molecular weight is 539 g/mol. The van der Waals surface area contributed by atoms with Gasteiger partial charge in [-0.2, -0.15) is 13.2 Å². The molecule has 0 aliphatic heterocycles. The molecular weight excluding hydrogens is 514 g/mol. The summed E-state index contributed by atoms with van der Waals surface area (Å²) in [6, 6.07) is 14.4. The minimum absolute atomic E-state index is 0. The van der Waals surface area contributed by atoms with E-state index < -0.39 is 22.5 Å². The van der Waals surface area contributed by atoms with Crippen LogP contribution in [0.2, 0.25) is 0 Å². The molecular formula is C20H25F3IN3OS. The van der Waals surface area contributed by atoms with E-state index in [2.05, 4.69) is 15.6 Å². The molecule has 0 aliphatic carbocycles. The third kappa shape index (κ3) is 8.73. The molecule has 160 valence electrons. The zero-order chi connectivity index (χ0) is 20.6. The van der Waals surface area contributed by atoms with Crippen molar-refractivity contribution in [2.24, 2.45) is 4.99 Å². The molecule has 0 saturated heterocycles. The van der Waals surface area contributed by atoms with Crippen LogP contribution in [-0.2, 0) is 22.7 Å². The van der Waals surface area contributed by atoms with Gasteiger partial charge in [-0.1, -0.05) is 42.5 Å². The SMILES string of the molecule is CN=C(NCCS(=O)Cc1ccccc1)NC(C)c1cccc(C(F)(F)F)c1.I. The van der Waals surface area contributed by atoms with Gasteiger partial charge in [0.2, 0.25) is 0 Å². The number of hydrogen-bond donors (Lipinski definition) is 2. The number of hydrogen-bond acceptors (Lipinski definition) is 2. The normalized spacial score (nSPS) is 13.9. The number of guanidine groups is 1. The van der Waals surface area contributed by atoms with Gasteiger partial charge in [-0.3, -0.25) is 9.20 Å². The molecule has 2 unspecified atom stereocenters. The van der Waals surface area contributed by atoms with Crippen LogP contribution in [0.1, 0.15) is 29.7 Å². The molecule has 0 aliphatic rings. The van der Waals surface area contributed by atoms with Gasteiger partial charge in [0.15, 0.2) is 5.96 Å². The highest BCUT2D eigenvalue weighted by Crippen LogP contribution is 2.30. The second-order valence-corrected chi connectivity index (χ2v) is 7.84. The predicted molar refractivity (Wildman–Crippen MR) is 123 cm³/mol. The van der Waals surface area contributed by atoms with Gasteiger partial charge in [0.05, 0.1) is 11.6 Å². The third-order valence-electron chi connectivity index (χ3n) is 4.08. The van der Waals surface area contributed by atoms with Crippen molar-refractivity contribution in [2.45, 2.75) is 24.9 Å². The Morgan fingerprint density at radius 3 is 2.45 bits per heavy atom. The van der Waals surface area contributed by atoms with E-state index in [0.29, 0.717) is 29.6 Å². The molecule has 2 N–H and O–H groups in total. The van der Waals surface area contributed by atoms with E-state index in [1.165, 1.54) is 6.07 Å². The molecule has 0 aromatic heterocycles. The van der Waals surface area contributed by atoms with Gasteiger partial charge in [-0.25, -0.2) is 0 Å². The summed E-state index contributed by atoms with van der Waals surface area (Å²) in [5, 5.41) is 6.11. The van der Waals surface area contributed by atoms with Crippen molar-refractivity contribution in [1.29, 1.82) is 0 Å². The van der Waals surface area contributed by atoms with Crippen molar-refractivity contribution in [1.82, 2.24) is 10.6 Å². The Hall–Kier alpha value is -1.62. The van der Waals surface area contributed by atoms with Gasteiger partial charge in [-0.15, -0.1) is 24.0 Å². The Kier molecular flexibility index (Phi) is 10.7. The van der Waals surface area contributed by atoms with Crippen molar-refractivity contribution in [3.63, 3.8) is 0 Å². The number of alkyl halides is 3. The van der Waals surface area contributed by atoms with Crippen LogP contribution in [0.3, 0.4) is 0 Å². The number of aliphatic imine (C=N–C) groups is 1. The third-order valence-corrected chi connectivity index (χ3v) is 5.40. The molecule has 29 heavy (non-hydrogen) atoms. The van der Waals surface area contributed by atoms with Gasteiger partial charge in [0.25, 0.3) is 0 Å². The lowest BCUT2D eigenvalue weighted by atomic mass is 10.1. The van der Waals surface area contributed by atoms with Crippen LogP contribution in [-0.4, -0.2) is 29.5 Å². The van der Waals surface area contributed by atoms with Gasteiger partial charge < -0.3 is 10.6 Å². The zero-order valence-corrected chi connectivity index (χ0v) is 19.3. The van der Waals surface area contributed by atoms with Gasteiger partial charge in [-0.05, 0) is 30.2 Å². The molecule has 0 heterocycles. The molecule has 2 aromatic rings. The molecule has 0 saturated carbocycles. The molecule has 9 heteroatoms. The quantitative estimate of drug-likeness (QED) is 0.310. The Labute approximate surface area is 188 Å². The largest absolute Gasteiger partial charge is 0.416 e. The standard InChI is InChI=1S/C20H24F3N3OS.HI/c1-15(17-9-6-10-18(13-17)20(21,22)23)26-19(24-2)25-11-12-28(27)14-16-7-4-3-5-8-16;/h3-10,13,15H,11-12,14H2,1-2H3,(H2,24,25,26);1H. The smallest absolute Gasteiger partial charge is 0.355 e. The zero-order valence-electron chi connectivity index (χ0n) is 16.2. The lowest BCUT2D eigenvalue weighted by molar-refractivity contribution is -0.137. The van der Waals surface area contributed by atoms with Crippen LogP contribution in [0.5, 0.6) is 0 Å². The maximum absolute atomic E-state index is 12.9. The van der Waals surface area contributed by atoms with Gasteiger partial charge in [0, 0.05) is 35.9 Å². The predicted octanol–water partition coefficient (Wildman–Crippen LogP) is 4.50. The summed E-state index contributed by atoms with van der Waals surface area (Å²) >= 11 is 0. The number of halogens is 4. The maximum Gasteiger partial charge on any atom is 0.416 e. The van der Waals surface area contributed by atoms with Crippen LogP contribution < -0.4 is 10.6 Å². The summed E-state index contributed by atoms with van der Waals surface area (Å²) in [4.78, 5) is 4.08. The van der Waals surface area contributed by atoms with E-state index in [0.717, 1.165) is 17.7 Å². The lowest BCUT2D eigenvalue weighted by Crippen LogP contribution is -2.40. The van der Waals surface area contributed by atoms with Crippen molar-refractivity contribution in [3.05, 3.63) is 71.3 Å². The Bertz CT molecular complexity index is 816. The first-order chi connectivity index (χ1) is 13.3. The number of nitrogens with zero attached hydrogens (tertiary/aromatic N) is 1. The van der Waals surface area contributed by atoms with Crippen LogP contribution in [0, 0.1) is 0 Å². The van der Waals surface area contributed by atoms with E-state index in [4.69, 9.17) is 0 Å². The fourth-order valence-corrected chi connectivity index (χ4v) is 3.62. The second-order valence-electron chi connectivity index (χ2n) is 6.26. The van der Waals surface area contributed by atoms with Crippen LogP contribution in [0.15, 0.2) is 59.6 Å². The highest BCUT2D eigenvalue weighted by Gasteiger charge is 2.30. The summed E-state index contributed by atoms with van der Waals surface area (Å²) in [7, 11) is 0.557. The van der Waals surface area contributed by atoms with Crippen LogP contribution in [0.4, 0.5) is 13.2 Å². The van der Waals surface area contributed by atoms with E-state index in [9.17, 15) is 17.4 Å². The van der Waals surface area contributed by atoms with Crippen molar-refractivity contribution >= 4 is 40.7 Å². The first kappa shape index (κ1) is 25.4. The molecule has 0 spiro atoms. The fourth-order valence-electron chi connectivity index (χ4n) is 2.58. The van der Waals surface area contributed by atoms with E-state index in [1.807, 2.05) is 30.3 Å². The van der Waals surface area contributed by atoms with Gasteiger partial charge in [0.1, 0.15) is 0 Å². The first-order valence-electron chi connectivity index (χ1n) is 8.83. The molecule has 2 atom stereocenters. The van der Waals surface area contributed by atoms with Crippen molar-refractivity contribution in [2.75, 3.05) is 19.3 Å². The maximum atomic E-state index is 12.9. The highest BCUT2D eigenvalue weighted by atomic mass is 127. The second kappa shape index (κ2) is 12.2. The van der Waals surface area contributed by atoms with Crippen LogP contribution >= 0.6 is 24.0 Å². The minimum atomic E-state index is -4.38. The summed E-state index contributed by atoms with van der Waals surface area (Å²) in [6.07, 6.45) is -4.38. The molecule has 0 amide bonds. The fraction of sp³-hybridized carbons (Fsp3) is 0.350. The summed E-state index contributed by atoms with van der Waals surface area (Å²) in [6.45, 7) is 2.20. The van der Waals surface area contributed by atoms with E-state index >= 15 is 0 Å². The number of benzene rings is 2. The minimum Gasteiger partial charge on any atom is -0.355 e. The summed E-state index contributed by atoms with van der Waals surface area (Å²) in [5.41, 5.74) is 0.838. The highest BCUT2D eigenvalue weighted by molar-refractivity contribution is 14.0. The van der Waals surface area contributed by atoms with E-state index in [1.54, 1.807) is 20.0 Å². The van der Waals surface area contributed by atoms with Crippen LogP contribution in [0.25, 0.3) is 0 Å². The Balaban J connectivity index is 0.00000420. The Morgan fingerprint density at radius 2 is 1.83 bits per heavy atom. The topological polar surface area (TPSA) is 53.5 Å². The average Bonchev–Trinajstić information content (AvgIpc) is 2.67. The number of rotatable bonds is 7. The lowest BCUT2D eigenvalue weighted by Gasteiger charge is -2.19. The summed E-state index contributed by atoms with van der Waals surface area (Å²) in [5.74, 6) is 1.37. The summed E-state index contributed by atoms with van der Waals surface area (Å²) < 4.78 is 50.8. The molecule has 4 nitrogen and oxygen atoms in total. The molecule has 0 radical (unpaired) electrons. The van der Waals surface area contributed by atoms with Crippen molar-refractivity contribution < 1.29 is 17.4 Å². The number of nitrogens with one attached hydrogen (secondary N) is 2. The first-order valence-corrected chi connectivity index (χ1v) is 10.3.